The molecule has 0 spiro atoms. The largest absolute Gasteiger partial charge is 0.396 e. The highest BCUT2D eigenvalue weighted by molar-refractivity contribution is 7.89. The van der Waals surface area contributed by atoms with E-state index in [1.165, 1.54) is 18.2 Å². The predicted molar refractivity (Wildman–Crippen MR) is 76.2 cm³/mol. The summed E-state index contributed by atoms with van der Waals surface area (Å²) >= 11 is 5.67. The molecule has 3 N–H and O–H groups in total. The number of hydrogen-bond acceptors (Lipinski definition) is 3. The van der Waals surface area contributed by atoms with Crippen LogP contribution in [0.25, 0.3) is 0 Å². The number of rotatable bonds is 4. The molecule has 0 aromatic heterocycles. The third-order valence-corrected chi connectivity index (χ3v) is 4.35. The molecule has 0 aliphatic rings. The Labute approximate surface area is 125 Å². The summed E-state index contributed by atoms with van der Waals surface area (Å²) in [4.78, 5) is -0.677. The van der Waals surface area contributed by atoms with Crippen molar-refractivity contribution in [2.24, 2.45) is 0 Å². The zero-order valence-corrected chi connectivity index (χ0v) is 12.2. The zero-order valence-electron chi connectivity index (χ0n) is 10.6. The number of nitrogens with one attached hydrogen (secondary N) is 1. The summed E-state index contributed by atoms with van der Waals surface area (Å²) in [7, 11) is -4.21. The van der Waals surface area contributed by atoms with Crippen LogP contribution in [0, 0.1) is 11.6 Å². The molecule has 0 amide bonds. The fraction of sp³-hybridized carbons (Fsp3) is 0.0769. The maximum absolute atomic E-state index is 13.8. The highest BCUT2D eigenvalue weighted by Crippen LogP contribution is 2.25. The van der Waals surface area contributed by atoms with Crippen LogP contribution in [0.4, 0.5) is 14.5 Å². The molecule has 2 rings (SSSR count). The van der Waals surface area contributed by atoms with Crippen molar-refractivity contribution in [3.8, 4) is 0 Å². The van der Waals surface area contributed by atoms with Crippen molar-refractivity contribution in [1.29, 1.82) is 0 Å². The molecule has 0 fully saturated rings. The van der Waals surface area contributed by atoms with E-state index in [-0.39, 0.29) is 22.8 Å². The maximum Gasteiger partial charge on any atom is 0.243 e. The maximum atomic E-state index is 13.8. The normalized spacial score (nSPS) is 11.6. The Morgan fingerprint density at radius 1 is 1.19 bits per heavy atom. The standard InChI is InChI=1S/C13H11ClF2N2O2S/c14-9-5-11(17)13(16)12(6-9)21(19,20)18-7-8-3-1-2-4-10(8)15/h1-6,18H,7,17H2. The van der Waals surface area contributed by atoms with Crippen LogP contribution in [0.5, 0.6) is 0 Å². The number of nitrogen functional groups attached to an aromatic ring is 1. The van der Waals surface area contributed by atoms with E-state index in [0.717, 1.165) is 12.1 Å². The van der Waals surface area contributed by atoms with Gasteiger partial charge in [0.2, 0.25) is 10.0 Å². The van der Waals surface area contributed by atoms with Crippen LogP contribution in [0.1, 0.15) is 5.56 Å². The van der Waals surface area contributed by atoms with Gasteiger partial charge in [0.15, 0.2) is 5.82 Å². The lowest BCUT2D eigenvalue weighted by Crippen LogP contribution is -2.25. The third-order valence-electron chi connectivity index (χ3n) is 2.73. The molecular formula is C13H11ClF2N2O2S. The van der Waals surface area contributed by atoms with Gasteiger partial charge in [0.25, 0.3) is 0 Å². The van der Waals surface area contributed by atoms with Crippen molar-refractivity contribution in [2.45, 2.75) is 11.4 Å². The molecule has 0 heterocycles. The van der Waals surface area contributed by atoms with Crippen LogP contribution in [0.3, 0.4) is 0 Å². The lowest BCUT2D eigenvalue weighted by molar-refractivity contribution is 0.555. The SMILES string of the molecule is Nc1cc(Cl)cc(S(=O)(=O)NCc2ccccc2F)c1F. The van der Waals surface area contributed by atoms with Crippen molar-refractivity contribution in [1.82, 2.24) is 4.72 Å². The second kappa shape index (κ2) is 5.97. The summed E-state index contributed by atoms with van der Waals surface area (Å²) in [5.41, 5.74) is 5.09. The van der Waals surface area contributed by atoms with Gasteiger partial charge in [-0.25, -0.2) is 21.9 Å². The molecule has 4 nitrogen and oxygen atoms in total. The minimum absolute atomic E-state index is 0.0137. The zero-order chi connectivity index (χ0) is 15.6. The summed E-state index contributed by atoms with van der Waals surface area (Å²) in [6.45, 7) is -0.319. The highest BCUT2D eigenvalue weighted by atomic mass is 35.5. The minimum Gasteiger partial charge on any atom is -0.396 e. The van der Waals surface area contributed by atoms with Gasteiger partial charge in [0.1, 0.15) is 10.7 Å². The van der Waals surface area contributed by atoms with Gasteiger partial charge in [0.05, 0.1) is 5.69 Å². The molecule has 0 saturated carbocycles. The Morgan fingerprint density at radius 3 is 2.52 bits per heavy atom. The number of hydrogen-bond donors (Lipinski definition) is 2. The second-order valence-corrected chi connectivity index (χ2v) is 6.39. The smallest absolute Gasteiger partial charge is 0.243 e. The van der Waals surface area contributed by atoms with E-state index in [9.17, 15) is 17.2 Å². The predicted octanol–water partition coefficient (Wildman–Crippen LogP) is 2.68. The second-order valence-electron chi connectivity index (χ2n) is 4.22. The number of benzene rings is 2. The average molecular weight is 333 g/mol. The molecule has 21 heavy (non-hydrogen) atoms. The van der Waals surface area contributed by atoms with Crippen LogP contribution in [0.2, 0.25) is 5.02 Å². The van der Waals surface area contributed by atoms with Crippen molar-refractivity contribution >= 4 is 27.3 Å². The van der Waals surface area contributed by atoms with Gasteiger partial charge in [-0.3, -0.25) is 0 Å². The third kappa shape index (κ3) is 3.49. The Hall–Kier alpha value is -1.70. The fourth-order valence-electron chi connectivity index (χ4n) is 1.67. The number of nitrogens with two attached hydrogens (primary N) is 1. The molecule has 0 aliphatic carbocycles. The minimum atomic E-state index is -4.21. The summed E-state index contributed by atoms with van der Waals surface area (Å²) in [6.07, 6.45) is 0. The van der Waals surface area contributed by atoms with Crippen LogP contribution >= 0.6 is 11.6 Å². The van der Waals surface area contributed by atoms with E-state index in [4.69, 9.17) is 17.3 Å². The first-order valence-electron chi connectivity index (χ1n) is 5.79. The van der Waals surface area contributed by atoms with Gasteiger partial charge >= 0.3 is 0 Å². The van der Waals surface area contributed by atoms with Crippen molar-refractivity contribution in [3.63, 3.8) is 0 Å². The average Bonchev–Trinajstić information content (AvgIpc) is 2.42. The summed E-state index contributed by atoms with van der Waals surface area (Å²) in [5, 5.41) is -0.0137. The van der Waals surface area contributed by atoms with Gasteiger partial charge in [-0.1, -0.05) is 29.8 Å². The first-order chi connectivity index (χ1) is 9.81. The molecule has 2 aromatic rings. The summed E-state index contributed by atoms with van der Waals surface area (Å²) in [6, 6.07) is 7.70. The molecule has 0 unspecified atom stereocenters. The quantitative estimate of drug-likeness (QED) is 0.845. The lowest BCUT2D eigenvalue weighted by atomic mass is 10.2. The molecule has 2 aromatic carbocycles. The van der Waals surface area contributed by atoms with Crippen LogP contribution in [-0.2, 0) is 16.6 Å². The van der Waals surface area contributed by atoms with E-state index < -0.39 is 26.6 Å². The first kappa shape index (κ1) is 15.7. The van der Waals surface area contributed by atoms with E-state index in [0.29, 0.717) is 0 Å². The molecule has 0 aliphatic heterocycles. The number of halogens is 3. The van der Waals surface area contributed by atoms with Gasteiger partial charge in [-0.05, 0) is 18.2 Å². The highest BCUT2D eigenvalue weighted by Gasteiger charge is 2.22. The van der Waals surface area contributed by atoms with Crippen molar-refractivity contribution < 1.29 is 17.2 Å². The van der Waals surface area contributed by atoms with Gasteiger partial charge in [-0.2, -0.15) is 0 Å². The van der Waals surface area contributed by atoms with Gasteiger partial charge < -0.3 is 5.73 Å². The number of sulfonamides is 1. The molecule has 0 bridgehead atoms. The Bertz CT molecular complexity index is 782. The van der Waals surface area contributed by atoms with Gasteiger partial charge in [0, 0.05) is 17.1 Å². The van der Waals surface area contributed by atoms with E-state index in [1.807, 2.05) is 0 Å². The van der Waals surface area contributed by atoms with Crippen LogP contribution in [0.15, 0.2) is 41.3 Å². The van der Waals surface area contributed by atoms with E-state index in [1.54, 1.807) is 6.07 Å². The molecule has 0 saturated heterocycles. The molecule has 0 atom stereocenters. The van der Waals surface area contributed by atoms with Crippen molar-refractivity contribution in [3.05, 3.63) is 58.6 Å². The molecular weight excluding hydrogens is 322 g/mol. The lowest BCUT2D eigenvalue weighted by Gasteiger charge is -2.10. The van der Waals surface area contributed by atoms with Gasteiger partial charge in [-0.15, -0.1) is 0 Å². The first-order valence-corrected chi connectivity index (χ1v) is 7.65. The molecule has 112 valence electrons. The Morgan fingerprint density at radius 2 is 1.86 bits per heavy atom. The molecule has 0 radical (unpaired) electrons. The topological polar surface area (TPSA) is 72.2 Å². The monoisotopic (exact) mass is 332 g/mol. The van der Waals surface area contributed by atoms with Crippen molar-refractivity contribution in [2.75, 3.05) is 5.73 Å². The Balaban J connectivity index is 2.30. The van der Waals surface area contributed by atoms with E-state index in [2.05, 4.69) is 4.72 Å². The molecule has 8 heteroatoms. The fourth-order valence-corrected chi connectivity index (χ4v) is 3.10. The van der Waals surface area contributed by atoms with E-state index >= 15 is 0 Å². The number of anilines is 1. The van der Waals surface area contributed by atoms with Crippen LogP contribution in [-0.4, -0.2) is 8.42 Å². The summed E-state index contributed by atoms with van der Waals surface area (Å²) in [5.74, 6) is -1.66. The summed E-state index contributed by atoms with van der Waals surface area (Å²) < 4.78 is 53.4. The Kier molecular flexibility index (Phi) is 4.46. The van der Waals surface area contributed by atoms with Crippen LogP contribution < -0.4 is 10.5 Å².